The molecule has 0 bridgehead atoms. The van der Waals surface area contributed by atoms with Crippen LogP contribution in [0.5, 0.6) is 5.75 Å². The van der Waals surface area contributed by atoms with Gasteiger partial charge in [-0.1, -0.05) is 12.1 Å². The number of thioether (sulfide) groups is 1. The van der Waals surface area contributed by atoms with Gasteiger partial charge < -0.3 is 15.2 Å². The maximum absolute atomic E-state index is 11.2. The average Bonchev–Trinajstić information content (AvgIpc) is 2.39. The summed E-state index contributed by atoms with van der Waals surface area (Å²) in [4.78, 5) is 11.2. The predicted octanol–water partition coefficient (Wildman–Crippen LogP) is 2.63. The molecule has 20 heavy (non-hydrogen) atoms. The fourth-order valence-corrected chi connectivity index (χ4v) is 2.51. The van der Waals surface area contributed by atoms with Crippen molar-refractivity contribution in [1.29, 1.82) is 0 Å². The number of benzene rings is 1. The molecule has 2 N–H and O–H groups in total. The highest BCUT2D eigenvalue weighted by atomic mass is 35.5. The highest BCUT2D eigenvalue weighted by Gasteiger charge is 2.10. The number of carbonyl (C=O) groups is 1. The minimum absolute atomic E-state index is 0. The van der Waals surface area contributed by atoms with Gasteiger partial charge in [-0.15, -0.1) is 12.4 Å². The van der Waals surface area contributed by atoms with Crippen LogP contribution in [0.25, 0.3) is 0 Å². The van der Waals surface area contributed by atoms with Gasteiger partial charge in [-0.25, -0.2) is 0 Å². The molecule has 1 aromatic carbocycles. The molecule has 0 amide bonds. The summed E-state index contributed by atoms with van der Waals surface area (Å²) in [5.41, 5.74) is 7.09. The van der Waals surface area contributed by atoms with E-state index in [0.717, 1.165) is 17.3 Å². The van der Waals surface area contributed by atoms with Crippen molar-refractivity contribution < 1.29 is 14.3 Å². The number of halogens is 1. The second-order valence-electron chi connectivity index (χ2n) is 4.13. The molecule has 6 heteroatoms. The van der Waals surface area contributed by atoms with Gasteiger partial charge in [-0.05, 0) is 24.6 Å². The van der Waals surface area contributed by atoms with E-state index in [1.807, 2.05) is 24.3 Å². The lowest BCUT2D eigenvalue weighted by molar-refractivity contribution is -0.143. The topological polar surface area (TPSA) is 61.5 Å². The molecule has 0 aliphatic carbocycles. The molecule has 1 atom stereocenters. The van der Waals surface area contributed by atoms with Crippen molar-refractivity contribution in [2.45, 2.75) is 25.1 Å². The van der Waals surface area contributed by atoms with E-state index >= 15 is 0 Å². The standard InChI is InChI=1S/C14H21NO3S.ClH/c1-3-18-14(16)8-12(15)10-19-9-11-4-6-13(17-2)7-5-11;/h4-7,12H,3,8-10,15H2,1-2H3;1H. The number of hydrogen-bond acceptors (Lipinski definition) is 5. The highest BCUT2D eigenvalue weighted by molar-refractivity contribution is 7.98. The quantitative estimate of drug-likeness (QED) is 0.746. The smallest absolute Gasteiger partial charge is 0.307 e. The van der Waals surface area contributed by atoms with Crippen molar-refractivity contribution >= 4 is 30.1 Å². The van der Waals surface area contributed by atoms with Crippen LogP contribution in [0.3, 0.4) is 0 Å². The Labute approximate surface area is 130 Å². The minimum atomic E-state index is -0.222. The maximum Gasteiger partial charge on any atom is 0.307 e. The van der Waals surface area contributed by atoms with Crippen LogP contribution in [-0.2, 0) is 15.3 Å². The van der Waals surface area contributed by atoms with Gasteiger partial charge in [0.1, 0.15) is 5.75 Å². The van der Waals surface area contributed by atoms with E-state index in [9.17, 15) is 4.79 Å². The Morgan fingerprint density at radius 2 is 2.00 bits per heavy atom. The Balaban J connectivity index is 0.00000361. The van der Waals surface area contributed by atoms with Crippen LogP contribution in [0.15, 0.2) is 24.3 Å². The number of methoxy groups -OCH3 is 1. The lowest BCUT2D eigenvalue weighted by Crippen LogP contribution is -2.27. The predicted molar refractivity (Wildman–Crippen MR) is 85.6 cm³/mol. The Hall–Kier alpha value is -0.910. The Morgan fingerprint density at radius 3 is 2.55 bits per heavy atom. The number of ether oxygens (including phenoxy) is 2. The second kappa shape index (κ2) is 10.8. The molecule has 0 aliphatic heterocycles. The van der Waals surface area contributed by atoms with E-state index in [-0.39, 0.29) is 30.8 Å². The number of hydrogen-bond donors (Lipinski definition) is 1. The van der Waals surface area contributed by atoms with Crippen LogP contribution in [0, 0.1) is 0 Å². The van der Waals surface area contributed by atoms with E-state index < -0.39 is 0 Å². The van der Waals surface area contributed by atoms with E-state index in [1.54, 1.807) is 25.8 Å². The van der Waals surface area contributed by atoms with Crippen LogP contribution in [0.2, 0.25) is 0 Å². The van der Waals surface area contributed by atoms with Gasteiger partial charge >= 0.3 is 5.97 Å². The molecule has 0 heterocycles. The van der Waals surface area contributed by atoms with E-state index in [4.69, 9.17) is 15.2 Å². The zero-order valence-corrected chi connectivity index (χ0v) is 13.5. The van der Waals surface area contributed by atoms with Crippen LogP contribution in [-0.4, -0.2) is 31.5 Å². The zero-order chi connectivity index (χ0) is 14.1. The zero-order valence-electron chi connectivity index (χ0n) is 11.8. The number of nitrogens with two attached hydrogens (primary N) is 1. The van der Waals surface area contributed by atoms with Gasteiger partial charge in [0.25, 0.3) is 0 Å². The molecule has 114 valence electrons. The molecule has 0 aromatic heterocycles. The molecule has 0 aliphatic rings. The van der Waals surface area contributed by atoms with Gasteiger partial charge in [-0.3, -0.25) is 4.79 Å². The molecule has 1 unspecified atom stereocenters. The van der Waals surface area contributed by atoms with E-state index in [0.29, 0.717) is 6.61 Å². The van der Waals surface area contributed by atoms with Crippen molar-refractivity contribution in [3.05, 3.63) is 29.8 Å². The fraction of sp³-hybridized carbons (Fsp3) is 0.500. The normalized spacial score (nSPS) is 11.3. The van der Waals surface area contributed by atoms with Crippen LogP contribution < -0.4 is 10.5 Å². The molecule has 0 saturated carbocycles. The Morgan fingerprint density at radius 1 is 1.35 bits per heavy atom. The highest BCUT2D eigenvalue weighted by Crippen LogP contribution is 2.17. The van der Waals surface area contributed by atoms with Crippen molar-refractivity contribution in [2.75, 3.05) is 19.5 Å². The third kappa shape index (κ3) is 7.62. The van der Waals surface area contributed by atoms with Crippen LogP contribution in [0.4, 0.5) is 0 Å². The van der Waals surface area contributed by atoms with Crippen LogP contribution in [0.1, 0.15) is 18.9 Å². The largest absolute Gasteiger partial charge is 0.497 e. The van der Waals surface area contributed by atoms with Gasteiger partial charge in [0, 0.05) is 17.5 Å². The SMILES string of the molecule is CCOC(=O)CC(N)CSCc1ccc(OC)cc1.Cl. The monoisotopic (exact) mass is 319 g/mol. The first kappa shape index (κ1) is 19.1. The van der Waals surface area contributed by atoms with Crippen molar-refractivity contribution in [1.82, 2.24) is 0 Å². The van der Waals surface area contributed by atoms with Crippen molar-refractivity contribution in [3.63, 3.8) is 0 Å². The summed E-state index contributed by atoms with van der Waals surface area (Å²) < 4.78 is 9.96. The molecular weight excluding hydrogens is 298 g/mol. The van der Waals surface area contributed by atoms with Gasteiger partial charge in [0.2, 0.25) is 0 Å². The molecule has 0 spiro atoms. The number of rotatable bonds is 8. The summed E-state index contributed by atoms with van der Waals surface area (Å²) in [6.45, 7) is 2.20. The first-order valence-corrected chi connectivity index (χ1v) is 7.43. The molecule has 1 rings (SSSR count). The summed E-state index contributed by atoms with van der Waals surface area (Å²) in [6.07, 6.45) is 0.281. The molecular formula is C14H22ClNO3S. The summed E-state index contributed by atoms with van der Waals surface area (Å²) in [7, 11) is 1.65. The fourth-order valence-electron chi connectivity index (χ4n) is 1.54. The minimum Gasteiger partial charge on any atom is -0.497 e. The first-order chi connectivity index (χ1) is 9.15. The second-order valence-corrected chi connectivity index (χ2v) is 5.16. The molecule has 0 radical (unpaired) electrons. The third-order valence-corrected chi connectivity index (χ3v) is 3.70. The van der Waals surface area contributed by atoms with Gasteiger partial charge in [-0.2, -0.15) is 11.8 Å². The van der Waals surface area contributed by atoms with Crippen molar-refractivity contribution in [2.24, 2.45) is 5.73 Å². The Bertz CT molecular complexity index is 387. The average molecular weight is 320 g/mol. The first-order valence-electron chi connectivity index (χ1n) is 6.27. The summed E-state index contributed by atoms with van der Waals surface area (Å²) in [5.74, 6) is 2.25. The lowest BCUT2D eigenvalue weighted by atomic mass is 10.2. The third-order valence-electron chi connectivity index (χ3n) is 2.49. The van der Waals surface area contributed by atoms with Crippen LogP contribution >= 0.6 is 24.2 Å². The number of carbonyl (C=O) groups excluding carboxylic acids is 1. The molecule has 1 aromatic rings. The van der Waals surface area contributed by atoms with Crippen molar-refractivity contribution in [3.8, 4) is 5.75 Å². The maximum atomic E-state index is 11.2. The molecule has 0 fully saturated rings. The molecule has 4 nitrogen and oxygen atoms in total. The van der Waals surface area contributed by atoms with Gasteiger partial charge in [0.05, 0.1) is 20.1 Å². The van der Waals surface area contributed by atoms with E-state index in [1.165, 1.54) is 5.56 Å². The summed E-state index contributed by atoms with van der Waals surface area (Å²) >= 11 is 1.71. The van der Waals surface area contributed by atoms with E-state index in [2.05, 4.69) is 0 Å². The van der Waals surface area contributed by atoms with Gasteiger partial charge in [0.15, 0.2) is 0 Å². The number of esters is 1. The lowest BCUT2D eigenvalue weighted by Gasteiger charge is -2.10. The molecule has 0 saturated heterocycles. The Kier molecular flexibility index (Phi) is 10.3. The summed E-state index contributed by atoms with van der Waals surface area (Å²) in [6, 6.07) is 7.79. The summed E-state index contributed by atoms with van der Waals surface area (Å²) in [5, 5.41) is 0.